The molecule has 0 aliphatic heterocycles. The van der Waals surface area contributed by atoms with E-state index < -0.39 is 6.04 Å². The first-order valence-corrected chi connectivity index (χ1v) is 7.85. The van der Waals surface area contributed by atoms with E-state index in [1.165, 1.54) is 0 Å². The van der Waals surface area contributed by atoms with Crippen LogP contribution >= 0.6 is 15.9 Å². The minimum Gasteiger partial charge on any atom is -0.385 e. The number of methoxy groups -OCH3 is 1. The number of nitrogens with zero attached hydrogens (tertiary/aromatic N) is 2. The average molecular weight is 346 g/mol. The number of hydrogen-bond donors (Lipinski definition) is 1. The predicted octanol–water partition coefficient (Wildman–Crippen LogP) is 2.09. The number of rotatable bonds is 9. The van der Waals surface area contributed by atoms with Gasteiger partial charge in [-0.05, 0) is 42.1 Å². The molecule has 0 saturated carbocycles. The summed E-state index contributed by atoms with van der Waals surface area (Å²) in [4.78, 5) is 12.2. The number of Topliss-reactive ketones (excluding diaryl/α,β-unsaturated/α-hetero) is 1. The maximum Gasteiger partial charge on any atom is 0.155 e. The van der Waals surface area contributed by atoms with Crippen LogP contribution in [0.25, 0.3) is 0 Å². The fourth-order valence-corrected chi connectivity index (χ4v) is 2.80. The van der Waals surface area contributed by atoms with Gasteiger partial charge in [-0.15, -0.1) is 0 Å². The predicted molar refractivity (Wildman–Crippen MR) is 82.8 cm³/mol. The van der Waals surface area contributed by atoms with Gasteiger partial charge < -0.3 is 10.5 Å². The van der Waals surface area contributed by atoms with Crippen LogP contribution in [-0.4, -0.2) is 35.3 Å². The third-order valence-corrected chi connectivity index (χ3v) is 4.23. The molecule has 1 rings (SSSR count). The molecule has 1 unspecified atom stereocenters. The molecule has 0 spiro atoms. The van der Waals surface area contributed by atoms with Crippen molar-refractivity contribution in [1.82, 2.24) is 9.78 Å². The van der Waals surface area contributed by atoms with Gasteiger partial charge >= 0.3 is 0 Å². The lowest BCUT2D eigenvalue weighted by Crippen LogP contribution is -2.32. The molecule has 0 amide bonds. The van der Waals surface area contributed by atoms with Crippen molar-refractivity contribution < 1.29 is 9.53 Å². The molecule has 0 aliphatic rings. The maximum absolute atomic E-state index is 12.2. The lowest BCUT2D eigenvalue weighted by molar-refractivity contribution is -0.120. The van der Waals surface area contributed by atoms with Crippen molar-refractivity contribution in [3.8, 4) is 0 Å². The zero-order valence-electron chi connectivity index (χ0n) is 12.5. The second-order valence-corrected chi connectivity index (χ2v) is 5.55. The lowest BCUT2D eigenvalue weighted by Gasteiger charge is -2.11. The zero-order chi connectivity index (χ0) is 15.1. The largest absolute Gasteiger partial charge is 0.385 e. The molecule has 5 nitrogen and oxygen atoms in total. The Labute approximate surface area is 129 Å². The molecule has 1 atom stereocenters. The second-order valence-electron chi connectivity index (χ2n) is 4.76. The number of nitrogens with two attached hydrogens (primary N) is 1. The molecule has 0 aliphatic carbocycles. The Morgan fingerprint density at radius 2 is 2.20 bits per heavy atom. The molecule has 114 valence electrons. The van der Waals surface area contributed by atoms with Crippen LogP contribution in [0.5, 0.6) is 0 Å². The second kappa shape index (κ2) is 8.54. The minimum atomic E-state index is -0.428. The summed E-state index contributed by atoms with van der Waals surface area (Å²) < 4.78 is 7.80. The van der Waals surface area contributed by atoms with Gasteiger partial charge in [-0.25, -0.2) is 0 Å². The molecule has 1 aromatic rings. The van der Waals surface area contributed by atoms with Gasteiger partial charge in [-0.3, -0.25) is 9.48 Å². The summed E-state index contributed by atoms with van der Waals surface area (Å²) in [6, 6.07) is -0.428. The van der Waals surface area contributed by atoms with Crippen LogP contribution in [-0.2, 0) is 28.9 Å². The summed E-state index contributed by atoms with van der Waals surface area (Å²) in [5, 5.41) is 4.49. The van der Waals surface area contributed by atoms with E-state index in [4.69, 9.17) is 10.5 Å². The molecular formula is C14H24BrN3O2. The van der Waals surface area contributed by atoms with Crippen molar-refractivity contribution >= 4 is 21.7 Å². The van der Waals surface area contributed by atoms with Crippen molar-refractivity contribution in [2.75, 3.05) is 13.7 Å². The Bertz CT molecular complexity index is 446. The van der Waals surface area contributed by atoms with Gasteiger partial charge in [0.2, 0.25) is 0 Å². The number of aryl methyl sites for hydroxylation is 2. The monoisotopic (exact) mass is 345 g/mol. The van der Waals surface area contributed by atoms with Gasteiger partial charge in [0.15, 0.2) is 5.78 Å². The highest BCUT2D eigenvalue weighted by atomic mass is 79.9. The van der Waals surface area contributed by atoms with Crippen LogP contribution in [0, 0.1) is 0 Å². The zero-order valence-corrected chi connectivity index (χ0v) is 14.1. The number of carbonyl (C=O) groups is 1. The summed E-state index contributed by atoms with van der Waals surface area (Å²) in [5.41, 5.74) is 7.85. The number of halogens is 1. The highest BCUT2D eigenvalue weighted by molar-refractivity contribution is 9.10. The summed E-state index contributed by atoms with van der Waals surface area (Å²) in [6.45, 7) is 5.46. The third-order valence-electron chi connectivity index (χ3n) is 3.31. The van der Waals surface area contributed by atoms with E-state index in [1.54, 1.807) is 7.11 Å². The van der Waals surface area contributed by atoms with Crippen molar-refractivity contribution in [3.63, 3.8) is 0 Å². The molecule has 0 bridgehead atoms. The van der Waals surface area contributed by atoms with Crippen molar-refractivity contribution in [2.45, 2.75) is 52.1 Å². The van der Waals surface area contributed by atoms with E-state index in [9.17, 15) is 4.79 Å². The molecule has 0 radical (unpaired) electrons. The Hall–Kier alpha value is -0.720. The van der Waals surface area contributed by atoms with Gasteiger partial charge in [-0.2, -0.15) is 5.10 Å². The fourth-order valence-electron chi connectivity index (χ4n) is 2.09. The topological polar surface area (TPSA) is 70.1 Å². The van der Waals surface area contributed by atoms with Gasteiger partial charge in [-0.1, -0.05) is 6.92 Å². The Kier molecular flexibility index (Phi) is 7.40. The van der Waals surface area contributed by atoms with Crippen LogP contribution < -0.4 is 5.73 Å². The van der Waals surface area contributed by atoms with Crippen molar-refractivity contribution in [3.05, 3.63) is 15.9 Å². The SMILES string of the molecule is CCc1nn(CC)c(CC(=O)C(N)CCCOC)c1Br. The summed E-state index contributed by atoms with van der Waals surface area (Å²) in [6.07, 6.45) is 2.63. The van der Waals surface area contributed by atoms with E-state index in [2.05, 4.69) is 28.0 Å². The van der Waals surface area contributed by atoms with Gasteiger partial charge in [0.05, 0.1) is 28.3 Å². The van der Waals surface area contributed by atoms with E-state index in [1.807, 2.05) is 11.6 Å². The summed E-state index contributed by atoms with van der Waals surface area (Å²) >= 11 is 3.55. The molecule has 20 heavy (non-hydrogen) atoms. The fraction of sp³-hybridized carbons (Fsp3) is 0.714. The van der Waals surface area contributed by atoms with E-state index in [0.29, 0.717) is 19.4 Å². The standard InChI is InChI=1S/C14H24BrN3O2/c1-4-11-14(15)12(18(5-2)17-11)9-13(19)10(16)7-6-8-20-3/h10H,4-9,16H2,1-3H3. The van der Waals surface area contributed by atoms with E-state index in [-0.39, 0.29) is 5.78 Å². The first kappa shape index (κ1) is 17.3. The molecule has 0 saturated heterocycles. The number of aromatic nitrogens is 2. The van der Waals surface area contributed by atoms with E-state index in [0.717, 1.165) is 35.2 Å². The Morgan fingerprint density at radius 3 is 2.75 bits per heavy atom. The van der Waals surface area contributed by atoms with Crippen molar-refractivity contribution in [2.24, 2.45) is 5.73 Å². The lowest BCUT2D eigenvalue weighted by atomic mass is 10.0. The maximum atomic E-state index is 12.2. The molecular weight excluding hydrogens is 322 g/mol. The van der Waals surface area contributed by atoms with Gasteiger partial charge in [0, 0.05) is 20.3 Å². The average Bonchev–Trinajstić information content (AvgIpc) is 2.75. The molecule has 1 heterocycles. The molecule has 2 N–H and O–H groups in total. The molecule has 6 heteroatoms. The number of ketones is 1. The molecule has 0 fully saturated rings. The number of carbonyl (C=O) groups excluding carboxylic acids is 1. The summed E-state index contributed by atoms with van der Waals surface area (Å²) in [7, 11) is 1.65. The van der Waals surface area contributed by atoms with Crippen LogP contribution in [0.2, 0.25) is 0 Å². The minimum absolute atomic E-state index is 0.0547. The molecule has 0 aromatic carbocycles. The third kappa shape index (κ3) is 4.40. The first-order valence-electron chi connectivity index (χ1n) is 7.06. The van der Waals surface area contributed by atoms with E-state index >= 15 is 0 Å². The van der Waals surface area contributed by atoms with Gasteiger partial charge in [0.1, 0.15) is 0 Å². The Morgan fingerprint density at radius 1 is 1.50 bits per heavy atom. The van der Waals surface area contributed by atoms with Gasteiger partial charge in [0.25, 0.3) is 0 Å². The number of ether oxygens (including phenoxy) is 1. The highest BCUT2D eigenvalue weighted by Crippen LogP contribution is 2.23. The smallest absolute Gasteiger partial charge is 0.155 e. The first-order chi connectivity index (χ1) is 9.54. The highest BCUT2D eigenvalue weighted by Gasteiger charge is 2.20. The quantitative estimate of drug-likeness (QED) is 0.695. The molecule has 1 aromatic heterocycles. The van der Waals surface area contributed by atoms with Crippen molar-refractivity contribution in [1.29, 1.82) is 0 Å². The van der Waals surface area contributed by atoms with Crippen LogP contribution in [0.3, 0.4) is 0 Å². The van der Waals surface area contributed by atoms with Crippen LogP contribution in [0.15, 0.2) is 4.47 Å². The Balaban J connectivity index is 2.72. The van der Waals surface area contributed by atoms with Crippen LogP contribution in [0.4, 0.5) is 0 Å². The normalized spacial score (nSPS) is 12.7. The number of hydrogen-bond acceptors (Lipinski definition) is 4. The van der Waals surface area contributed by atoms with Crippen LogP contribution in [0.1, 0.15) is 38.1 Å². The summed E-state index contributed by atoms with van der Waals surface area (Å²) in [5.74, 6) is 0.0547.